The van der Waals surface area contributed by atoms with Gasteiger partial charge < -0.3 is 15.4 Å². The Kier molecular flexibility index (Phi) is 6.34. The second-order valence-electron chi connectivity index (χ2n) is 8.98. The van der Waals surface area contributed by atoms with E-state index in [0.29, 0.717) is 5.56 Å². The number of amides is 2. The van der Waals surface area contributed by atoms with Crippen LogP contribution in [-0.4, -0.2) is 41.8 Å². The number of carbonyl (C=O) groups is 2. The average Bonchev–Trinajstić information content (AvgIpc) is 3.52. The number of hydrogen-bond donors (Lipinski definition) is 1. The maximum Gasteiger partial charge on any atom is 0.404 e. The van der Waals surface area contributed by atoms with Crippen molar-refractivity contribution in [2.75, 3.05) is 6.61 Å². The van der Waals surface area contributed by atoms with Gasteiger partial charge >= 0.3 is 12.3 Å². The Balaban J connectivity index is 1.67. The minimum absolute atomic E-state index is 0.0837. The van der Waals surface area contributed by atoms with Crippen molar-refractivity contribution in [1.29, 1.82) is 0 Å². The van der Waals surface area contributed by atoms with E-state index >= 15 is 0 Å². The molecule has 1 unspecified atom stereocenters. The minimum Gasteiger partial charge on any atom is -0.449 e. The lowest BCUT2D eigenvalue weighted by Gasteiger charge is -2.41. The highest BCUT2D eigenvalue weighted by Crippen LogP contribution is 2.41. The first-order valence-electron chi connectivity index (χ1n) is 10.4. The number of halogens is 3. The molecule has 0 saturated heterocycles. The molecule has 1 aromatic carbocycles. The normalized spacial score (nSPS) is 25.4. The van der Waals surface area contributed by atoms with Crippen molar-refractivity contribution < 1.29 is 27.5 Å². The fourth-order valence-electron chi connectivity index (χ4n) is 4.20. The number of alkyl halides is 3. The highest BCUT2D eigenvalue weighted by molar-refractivity contribution is 5.95. The second kappa shape index (κ2) is 8.47. The molecule has 0 heterocycles. The van der Waals surface area contributed by atoms with Crippen LogP contribution in [0.25, 0.3) is 0 Å². The summed E-state index contributed by atoms with van der Waals surface area (Å²) in [4.78, 5) is 26.0. The van der Waals surface area contributed by atoms with E-state index in [1.54, 1.807) is 0 Å². The van der Waals surface area contributed by atoms with Crippen molar-refractivity contribution in [2.24, 2.45) is 11.1 Å². The molecule has 2 N–H and O–H groups in total. The predicted octanol–water partition coefficient (Wildman–Crippen LogP) is 5.00. The fourth-order valence-corrected chi connectivity index (χ4v) is 4.20. The summed E-state index contributed by atoms with van der Waals surface area (Å²) in [6, 6.07) is 6.08. The van der Waals surface area contributed by atoms with E-state index in [1.807, 2.05) is 4.90 Å². The quantitative estimate of drug-likeness (QED) is 0.696. The van der Waals surface area contributed by atoms with E-state index < -0.39 is 18.2 Å². The first-order valence-corrected chi connectivity index (χ1v) is 10.4. The van der Waals surface area contributed by atoms with E-state index in [-0.39, 0.29) is 35.6 Å². The maximum absolute atomic E-state index is 13.2. The van der Waals surface area contributed by atoms with Gasteiger partial charge in [0.05, 0.1) is 12.5 Å². The largest absolute Gasteiger partial charge is 0.449 e. The average molecular weight is 426 g/mol. The summed E-state index contributed by atoms with van der Waals surface area (Å²) in [5, 5.41) is 0. The van der Waals surface area contributed by atoms with Crippen LogP contribution in [0.3, 0.4) is 0 Å². The van der Waals surface area contributed by atoms with E-state index in [1.165, 1.54) is 24.3 Å². The molecule has 2 amide bonds. The van der Waals surface area contributed by atoms with Crippen LogP contribution in [0.15, 0.2) is 24.3 Å². The van der Waals surface area contributed by atoms with Gasteiger partial charge in [-0.05, 0) is 63.1 Å². The summed E-state index contributed by atoms with van der Waals surface area (Å²) < 4.78 is 43.8. The number of hydrogen-bond acceptors (Lipinski definition) is 3. The molecule has 0 radical (unpaired) electrons. The van der Waals surface area contributed by atoms with Crippen LogP contribution in [0.1, 0.15) is 74.2 Å². The molecule has 0 aliphatic heterocycles. The third kappa shape index (κ3) is 5.26. The van der Waals surface area contributed by atoms with Crippen LogP contribution >= 0.6 is 0 Å². The van der Waals surface area contributed by atoms with Crippen molar-refractivity contribution >= 4 is 12.0 Å². The molecule has 0 aromatic heterocycles. The van der Waals surface area contributed by atoms with Crippen LogP contribution in [-0.2, 0) is 4.74 Å². The Morgan fingerprint density at radius 1 is 1.13 bits per heavy atom. The summed E-state index contributed by atoms with van der Waals surface area (Å²) in [5.74, 6) is -1.69. The first-order chi connectivity index (χ1) is 14.0. The zero-order chi connectivity index (χ0) is 22.1. The Morgan fingerprint density at radius 2 is 1.67 bits per heavy atom. The Hall–Kier alpha value is -2.25. The molecule has 1 aromatic rings. The number of benzene rings is 1. The van der Waals surface area contributed by atoms with Crippen LogP contribution in [0.4, 0.5) is 18.0 Å². The standard InChI is InChI=1S/C22H29F3N2O3/c1-14(22(23,24)25)15-3-5-16(6-4-15)19(28)27(17-7-8-17)18-9-11-21(2,12-10-18)13-30-20(26)29/h3-6,14,17-18H,7-13H2,1-2H3,(H2,26,29). The van der Waals surface area contributed by atoms with Gasteiger partial charge in [0.1, 0.15) is 0 Å². The first kappa shape index (κ1) is 22.4. The zero-order valence-corrected chi connectivity index (χ0v) is 17.4. The molecule has 2 fully saturated rings. The van der Waals surface area contributed by atoms with Crippen LogP contribution in [0.5, 0.6) is 0 Å². The predicted molar refractivity (Wildman–Crippen MR) is 106 cm³/mol. The monoisotopic (exact) mass is 426 g/mol. The maximum atomic E-state index is 13.2. The van der Waals surface area contributed by atoms with Crippen molar-refractivity contribution in [2.45, 2.75) is 76.6 Å². The highest BCUT2D eigenvalue weighted by atomic mass is 19.4. The molecule has 166 valence electrons. The van der Waals surface area contributed by atoms with Gasteiger partial charge in [-0.2, -0.15) is 13.2 Å². The third-order valence-electron chi connectivity index (χ3n) is 6.44. The lowest BCUT2D eigenvalue weighted by molar-refractivity contribution is -0.146. The van der Waals surface area contributed by atoms with Crippen LogP contribution in [0.2, 0.25) is 0 Å². The minimum atomic E-state index is -4.31. The van der Waals surface area contributed by atoms with Gasteiger partial charge in [-0.3, -0.25) is 4.79 Å². The second-order valence-corrected chi connectivity index (χ2v) is 8.98. The molecule has 1 atom stereocenters. The molecule has 8 heteroatoms. The summed E-state index contributed by atoms with van der Waals surface area (Å²) in [6.45, 7) is 3.44. The van der Waals surface area contributed by atoms with Crippen molar-refractivity contribution in [3.63, 3.8) is 0 Å². The SMILES string of the molecule is CC(c1ccc(C(=O)N(C2CC2)C2CCC(C)(COC(N)=O)CC2)cc1)C(F)(F)F. The van der Waals surface area contributed by atoms with E-state index in [9.17, 15) is 22.8 Å². The van der Waals surface area contributed by atoms with Gasteiger partial charge in [0, 0.05) is 23.1 Å². The summed E-state index contributed by atoms with van der Waals surface area (Å²) in [5.41, 5.74) is 5.49. The number of nitrogens with zero attached hydrogens (tertiary/aromatic N) is 1. The van der Waals surface area contributed by atoms with Crippen LogP contribution in [0, 0.1) is 5.41 Å². The molecular weight excluding hydrogens is 397 g/mol. The summed E-state index contributed by atoms with van der Waals surface area (Å²) >= 11 is 0. The lowest BCUT2D eigenvalue weighted by Crippen LogP contribution is -2.46. The number of nitrogens with two attached hydrogens (primary N) is 1. The van der Waals surface area contributed by atoms with Crippen molar-refractivity contribution in [3.05, 3.63) is 35.4 Å². The van der Waals surface area contributed by atoms with E-state index in [4.69, 9.17) is 10.5 Å². The van der Waals surface area contributed by atoms with Gasteiger partial charge in [-0.1, -0.05) is 19.1 Å². The van der Waals surface area contributed by atoms with Gasteiger partial charge in [0.25, 0.3) is 5.91 Å². The molecule has 3 rings (SSSR count). The van der Waals surface area contributed by atoms with E-state index in [2.05, 4.69) is 6.92 Å². The number of carbonyl (C=O) groups excluding carboxylic acids is 2. The van der Waals surface area contributed by atoms with Gasteiger partial charge in [0.15, 0.2) is 0 Å². The molecule has 30 heavy (non-hydrogen) atoms. The van der Waals surface area contributed by atoms with Crippen LogP contribution < -0.4 is 5.73 Å². The molecule has 0 bridgehead atoms. The lowest BCUT2D eigenvalue weighted by atomic mass is 9.74. The summed E-state index contributed by atoms with van der Waals surface area (Å²) in [7, 11) is 0. The molecule has 5 nitrogen and oxygen atoms in total. The van der Waals surface area contributed by atoms with Crippen molar-refractivity contribution in [3.8, 4) is 0 Å². The molecular formula is C22H29F3N2O3. The Labute approximate surface area is 174 Å². The molecule has 0 spiro atoms. The number of primary amides is 1. The van der Waals surface area contributed by atoms with E-state index in [0.717, 1.165) is 45.4 Å². The topological polar surface area (TPSA) is 72.6 Å². The molecule has 2 aliphatic carbocycles. The number of rotatable bonds is 6. The smallest absolute Gasteiger partial charge is 0.404 e. The van der Waals surface area contributed by atoms with Gasteiger partial charge in [-0.25, -0.2) is 4.79 Å². The molecule has 2 saturated carbocycles. The van der Waals surface area contributed by atoms with Gasteiger partial charge in [0.2, 0.25) is 0 Å². The van der Waals surface area contributed by atoms with Crippen molar-refractivity contribution in [1.82, 2.24) is 4.90 Å². The fraction of sp³-hybridized carbons (Fsp3) is 0.636. The van der Waals surface area contributed by atoms with Gasteiger partial charge in [-0.15, -0.1) is 0 Å². The molecule has 2 aliphatic rings. The Bertz CT molecular complexity index is 767. The third-order valence-corrected chi connectivity index (χ3v) is 6.44. The number of ether oxygens (including phenoxy) is 1. The highest BCUT2D eigenvalue weighted by Gasteiger charge is 2.42. The zero-order valence-electron chi connectivity index (χ0n) is 17.4. The Morgan fingerprint density at radius 3 is 2.13 bits per heavy atom. The summed E-state index contributed by atoms with van der Waals surface area (Å²) in [6.07, 6.45) is 0.0251.